The number of nitrogens with zero attached hydrogens (tertiary/aromatic N) is 3. The maximum atomic E-state index is 5.76. The van der Waals surface area contributed by atoms with E-state index in [9.17, 15) is 0 Å². The summed E-state index contributed by atoms with van der Waals surface area (Å²) in [6.45, 7) is 8.59. The molecule has 0 spiro atoms. The highest BCUT2D eigenvalue weighted by molar-refractivity contribution is 5.04. The van der Waals surface area contributed by atoms with Crippen molar-refractivity contribution in [2.75, 3.05) is 0 Å². The van der Waals surface area contributed by atoms with Gasteiger partial charge in [-0.2, -0.15) is 0 Å². The maximum absolute atomic E-state index is 5.76. The summed E-state index contributed by atoms with van der Waals surface area (Å²) >= 11 is 0. The van der Waals surface area contributed by atoms with Gasteiger partial charge in [-0.05, 0) is 27.7 Å². The van der Waals surface area contributed by atoms with Crippen molar-refractivity contribution < 1.29 is 4.74 Å². The first-order chi connectivity index (χ1) is 6.56. The first-order valence-electron chi connectivity index (χ1n) is 4.91. The van der Waals surface area contributed by atoms with Gasteiger partial charge in [-0.3, -0.25) is 4.57 Å². The smallest absolute Gasteiger partial charge is 0.317 e. The van der Waals surface area contributed by atoms with E-state index in [1.54, 1.807) is 0 Å². The van der Waals surface area contributed by atoms with Crippen LogP contribution < -0.4 is 10.5 Å². The van der Waals surface area contributed by atoms with Crippen LogP contribution >= 0.6 is 0 Å². The van der Waals surface area contributed by atoms with Crippen LogP contribution in [0.5, 0.6) is 6.01 Å². The highest BCUT2D eigenvalue weighted by Gasteiger charge is 2.15. The Morgan fingerprint density at radius 2 is 2.00 bits per heavy atom. The van der Waals surface area contributed by atoms with Gasteiger partial charge in [-0.15, -0.1) is 5.10 Å². The predicted octanol–water partition coefficient (Wildman–Crippen LogP) is 1.10. The van der Waals surface area contributed by atoms with E-state index in [4.69, 9.17) is 10.5 Å². The summed E-state index contributed by atoms with van der Waals surface area (Å²) in [6, 6.07) is 0.432. The summed E-state index contributed by atoms with van der Waals surface area (Å²) in [6.07, 6.45) is 0.102. The van der Waals surface area contributed by atoms with Crippen LogP contribution in [0, 0.1) is 0 Å². The summed E-state index contributed by atoms with van der Waals surface area (Å²) in [5.41, 5.74) is 5.76. The lowest BCUT2D eigenvalue weighted by atomic mass is 10.3. The van der Waals surface area contributed by atoms with Gasteiger partial charge in [0.05, 0.1) is 12.1 Å². The van der Waals surface area contributed by atoms with E-state index >= 15 is 0 Å². The molecule has 0 fully saturated rings. The molecule has 1 aromatic heterocycles. The average molecular weight is 198 g/mol. The van der Waals surface area contributed by atoms with Gasteiger partial charge >= 0.3 is 6.01 Å². The van der Waals surface area contributed by atoms with Gasteiger partial charge in [0.25, 0.3) is 0 Å². The van der Waals surface area contributed by atoms with Crippen LogP contribution in [0.25, 0.3) is 0 Å². The minimum Gasteiger partial charge on any atom is -0.461 e. The summed E-state index contributed by atoms with van der Waals surface area (Å²) in [5.74, 6) is 0.767. The lowest BCUT2D eigenvalue weighted by Gasteiger charge is -2.11. The van der Waals surface area contributed by atoms with Crippen LogP contribution in [0.1, 0.15) is 39.6 Å². The van der Waals surface area contributed by atoms with Crippen LogP contribution in [-0.4, -0.2) is 20.9 Å². The molecule has 0 saturated carbocycles. The second-order valence-corrected chi connectivity index (χ2v) is 3.54. The Morgan fingerprint density at radius 3 is 2.43 bits per heavy atom. The van der Waals surface area contributed by atoms with Gasteiger partial charge < -0.3 is 10.5 Å². The molecule has 1 rings (SSSR count). The van der Waals surface area contributed by atoms with Crippen molar-refractivity contribution in [2.24, 2.45) is 5.73 Å². The third-order valence-electron chi connectivity index (χ3n) is 1.81. The fourth-order valence-corrected chi connectivity index (χ4v) is 1.23. The SMILES string of the molecule is CCn1c(OC(C)C)nnc1[C@@H](C)N. The molecule has 0 unspecified atom stereocenters. The maximum Gasteiger partial charge on any atom is 0.317 e. The molecule has 80 valence electrons. The molecule has 1 heterocycles. The molecule has 0 amide bonds. The highest BCUT2D eigenvalue weighted by atomic mass is 16.5. The van der Waals surface area contributed by atoms with E-state index in [0.29, 0.717) is 6.01 Å². The van der Waals surface area contributed by atoms with Gasteiger partial charge in [0.2, 0.25) is 0 Å². The zero-order valence-electron chi connectivity index (χ0n) is 9.19. The van der Waals surface area contributed by atoms with E-state index in [1.807, 2.05) is 32.3 Å². The molecular weight excluding hydrogens is 180 g/mol. The Hall–Kier alpha value is -1.10. The fourth-order valence-electron chi connectivity index (χ4n) is 1.23. The predicted molar refractivity (Wildman–Crippen MR) is 54.1 cm³/mol. The van der Waals surface area contributed by atoms with E-state index in [1.165, 1.54) is 0 Å². The van der Waals surface area contributed by atoms with Crippen LogP contribution in [0.15, 0.2) is 0 Å². The van der Waals surface area contributed by atoms with Gasteiger partial charge in [0.1, 0.15) is 0 Å². The van der Waals surface area contributed by atoms with Gasteiger partial charge in [-0.25, -0.2) is 0 Å². The quantitative estimate of drug-likeness (QED) is 0.787. The average Bonchev–Trinajstić information content (AvgIpc) is 2.46. The molecule has 0 bridgehead atoms. The van der Waals surface area contributed by atoms with Crippen molar-refractivity contribution in [1.82, 2.24) is 14.8 Å². The van der Waals surface area contributed by atoms with Crippen molar-refractivity contribution >= 4 is 0 Å². The topological polar surface area (TPSA) is 66.0 Å². The number of nitrogens with two attached hydrogens (primary N) is 1. The second kappa shape index (κ2) is 4.41. The highest BCUT2D eigenvalue weighted by Crippen LogP contribution is 2.15. The van der Waals surface area contributed by atoms with Crippen LogP contribution in [0.4, 0.5) is 0 Å². The van der Waals surface area contributed by atoms with Gasteiger partial charge in [0, 0.05) is 6.54 Å². The van der Waals surface area contributed by atoms with Crippen molar-refractivity contribution in [3.63, 3.8) is 0 Å². The first kappa shape index (κ1) is 11.0. The Morgan fingerprint density at radius 1 is 1.36 bits per heavy atom. The Kier molecular flexibility index (Phi) is 3.46. The number of aromatic nitrogens is 3. The molecule has 5 heteroatoms. The molecule has 1 atom stereocenters. The van der Waals surface area contributed by atoms with Crippen molar-refractivity contribution in [3.8, 4) is 6.01 Å². The fraction of sp³-hybridized carbons (Fsp3) is 0.778. The number of rotatable bonds is 4. The first-order valence-corrected chi connectivity index (χ1v) is 4.91. The number of hydrogen-bond acceptors (Lipinski definition) is 4. The Labute approximate surface area is 84.3 Å². The zero-order chi connectivity index (χ0) is 10.7. The van der Waals surface area contributed by atoms with Crippen molar-refractivity contribution in [1.29, 1.82) is 0 Å². The largest absolute Gasteiger partial charge is 0.461 e. The lowest BCUT2D eigenvalue weighted by Crippen LogP contribution is -2.15. The summed E-state index contributed by atoms with van der Waals surface area (Å²) in [7, 11) is 0. The monoisotopic (exact) mass is 198 g/mol. The zero-order valence-corrected chi connectivity index (χ0v) is 9.19. The van der Waals surface area contributed by atoms with Crippen LogP contribution in [0.2, 0.25) is 0 Å². The van der Waals surface area contributed by atoms with Gasteiger partial charge in [0.15, 0.2) is 5.82 Å². The van der Waals surface area contributed by atoms with E-state index < -0.39 is 0 Å². The molecular formula is C9H18N4O. The number of hydrogen-bond donors (Lipinski definition) is 1. The summed E-state index contributed by atoms with van der Waals surface area (Å²) < 4.78 is 7.39. The van der Waals surface area contributed by atoms with E-state index in [0.717, 1.165) is 12.4 Å². The lowest BCUT2D eigenvalue weighted by molar-refractivity contribution is 0.211. The summed E-state index contributed by atoms with van der Waals surface area (Å²) in [5, 5.41) is 7.96. The molecule has 0 aliphatic carbocycles. The molecule has 0 aromatic carbocycles. The molecule has 0 radical (unpaired) electrons. The Balaban J connectivity index is 2.95. The molecule has 0 aliphatic rings. The van der Waals surface area contributed by atoms with Gasteiger partial charge in [-0.1, -0.05) is 5.10 Å². The minimum absolute atomic E-state index is 0.102. The third-order valence-corrected chi connectivity index (χ3v) is 1.81. The van der Waals surface area contributed by atoms with E-state index in [-0.39, 0.29) is 12.1 Å². The molecule has 0 aliphatic heterocycles. The molecule has 14 heavy (non-hydrogen) atoms. The molecule has 2 N–H and O–H groups in total. The molecule has 1 aromatic rings. The van der Waals surface area contributed by atoms with Crippen molar-refractivity contribution in [2.45, 2.75) is 46.4 Å². The minimum atomic E-state index is -0.119. The molecule has 0 saturated heterocycles. The van der Waals surface area contributed by atoms with Crippen LogP contribution in [0.3, 0.4) is 0 Å². The van der Waals surface area contributed by atoms with E-state index in [2.05, 4.69) is 10.2 Å². The van der Waals surface area contributed by atoms with Crippen molar-refractivity contribution in [3.05, 3.63) is 5.82 Å². The summed E-state index contributed by atoms with van der Waals surface area (Å²) in [4.78, 5) is 0. The Bertz CT molecular complexity index is 293. The number of ether oxygens (including phenoxy) is 1. The molecule has 5 nitrogen and oxygen atoms in total. The standard InChI is InChI=1S/C9H18N4O/c1-5-13-8(7(4)10)11-12-9(13)14-6(2)3/h6-7H,5,10H2,1-4H3/t7-/m1/s1. The second-order valence-electron chi connectivity index (χ2n) is 3.54. The normalized spacial score (nSPS) is 13.3. The third kappa shape index (κ3) is 2.23. The van der Waals surface area contributed by atoms with Crippen LogP contribution in [-0.2, 0) is 6.54 Å².